The molecule has 1 N–H and O–H groups in total. The minimum Gasteiger partial charge on any atom is -0.337 e. The first-order chi connectivity index (χ1) is 12.9. The van der Waals surface area contributed by atoms with Crippen molar-refractivity contribution in [3.05, 3.63) is 29.8 Å². The molecule has 28 heavy (non-hydrogen) atoms. The van der Waals surface area contributed by atoms with Crippen LogP contribution in [0.2, 0.25) is 0 Å². The predicted molar refractivity (Wildman–Crippen MR) is 113 cm³/mol. The number of hydrogen-bond acceptors (Lipinski definition) is 4. The fraction of sp³-hybridized carbons (Fsp3) is 0.650. The third kappa shape index (κ3) is 5.26. The van der Waals surface area contributed by atoms with Crippen LogP contribution < -0.4 is 5.32 Å². The van der Waals surface area contributed by atoms with E-state index in [1.54, 1.807) is 16.4 Å². The quantitative estimate of drug-likeness (QED) is 0.780. The SMILES string of the molecule is CC1NCCN(C(=O)CCc2ccc(S(=O)(=O)N3CCCCC3)cc2)C1C.Cl. The molecule has 2 heterocycles. The van der Waals surface area contributed by atoms with Gasteiger partial charge in [0.25, 0.3) is 0 Å². The molecule has 6 nitrogen and oxygen atoms in total. The summed E-state index contributed by atoms with van der Waals surface area (Å²) >= 11 is 0. The molecule has 2 fully saturated rings. The Kier molecular flexibility index (Phi) is 8.30. The second-order valence-electron chi connectivity index (χ2n) is 7.68. The van der Waals surface area contributed by atoms with Gasteiger partial charge >= 0.3 is 0 Å². The molecule has 1 amide bonds. The molecule has 1 aromatic carbocycles. The number of piperidine rings is 1. The Hall–Kier alpha value is -1.15. The summed E-state index contributed by atoms with van der Waals surface area (Å²) in [7, 11) is -3.39. The fourth-order valence-electron chi connectivity index (χ4n) is 3.89. The number of benzene rings is 1. The minimum atomic E-state index is -3.39. The van der Waals surface area contributed by atoms with Crippen LogP contribution in [0.25, 0.3) is 0 Å². The largest absolute Gasteiger partial charge is 0.337 e. The Morgan fingerprint density at radius 3 is 2.36 bits per heavy atom. The first-order valence-electron chi connectivity index (χ1n) is 10.0. The van der Waals surface area contributed by atoms with Crippen molar-refractivity contribution in [1.82, 2.24) is 14.5 Å². The van der Waals surface area contributed by atoms with Gasteiger partial charge in [0, 0.05) is 44.7 Å². The zero-order valence-corrected chi connectivity index (χ0v) is 18.4. The average molecular weight is 430 g/mol. The van der Waals surface area contributed by atoms with E-state index in [2.05, 4.69) is 19.2 Å². The summed E-state index contributed by atoms with van der Waals surface area (Å²) in [4.78, 5) is 14.9. The number of aryl methyl sites for hydroxylation is 1. The lowest BCUT2D eigenvalue weighted by Gasteiger charge is -2.38. The summed E-state index contributed by atoms with van der Waals surface area (Å²) in [6.45, 7) is 6.98. The van der Waals surface area contributed by atoms with Crippen molar-refractivity contribution in [1.29, 1.82) is 0 Å². The Balaban J connectivity index is 0.00000280. The van der Waals surface area contributed by atoms with Crippen LogP contribution in [-0.4, -0.2) is 61.8 Å². The van der Waals surface area contributed by atoms with Gasteiger partial charge < -0.3 is 10.2 Å². The summed E-state index contributed by atoms with van der Waals surface area (Å²) in [6, 6.07) is 7.55. The van der Waals surface area contributed by atoms with Gasteiger partial charge in [-0.05, 0) is 50.8 Å². The Morgan fingerprint density at radius 2 is 1.71 bits per heavy atom. The molecule has 1 aromatic rings. The lowest BCUT2D eigenvalue weighted by molar-refractivity contribution is -0.134. The highest BCUT2D eigenvalue weighted by atomic mass is 35.5. The maximum atomic E-state index is 12.7. The van der Waals surface area contributed by atoms with Crippen molar-refractivity contribution in [2.45, 2.75) is 62.9 Å². The summed E-state index contributed by atoms with van der Waals surface area (Å²) in [5.74, 6) is 0.167. The average Bonchev–Trinajstić information content (AvgIpc) is 2.69. The lowest BCUT2D eigenvalue weighted by atomic mass is 10.0. The van der Waals surface area contributed by atoms with Crippen molar-refractivity contribution in [3.8, 4) is 0 Å². The number of amides is 1. The zero-order valence-electron chi connectivity index (χ0n) is 16.8. The number of halogens is 1. The summed E-state index contributed by atoms with van der Waals surface area (Å²) < 4.78 is 27.0. The topological polar surface area (TPSA) is 69.7 Å². The number of rotatable bonds is 5. The van der Waals surface area contributed by atoms with E-state index in [-0.39, 0.29) is 24.4 Å². The second kappa shape index (κ2) is 10.1. The Morgan fingerprint density at radius 1 is 1.07 bits per heavy atom. The third-order valence-corrected chi connectivity index (χ3v) is 7.77. The molecule has 2 saturated heterocycles. The van der Waals surface area contributed by atoms with E-state index < -0.39 is 10.0 Å². The number of piperazine rings is 1. The molecule has 0 bridgehead atoms. The maximum Gasteiger partial charge on any atom is 0.243 e. The Bertz CT molecular complexity index is 748. The first kappa shape index (κ1) is 23.1. The van der Waals surface area contributed by atoms with Crippen molar-refractivity contribution in [3.63, 3.8) is 0 Å². The molecule has 3 rings (SSSR count). The van der Waals surface area contributed by atoms with Crippen LogP contribution in [0.1, 0.15) is 45.1 Å². The molecular weight excluding hydrogens is 398 g/mol. The highest BCUT2D eigenvalue weighted by Gasteiger charge is 2.28. The molecule has 2 unspecified atom stereocenters. The van der Waals surface area contributed by atoms with E-state index in [0.717, 1.165) is 37.9 Å². The van der Waals surface area contributed by atoms with Crippen LogP contribution >= 0.6 is 12.4 Å². The smallest absolute Gasteiger partial charge is 0.243 e. The molecule has 0 aliphatic carbocycles. The third-order valence-electron chi connectivity index (χ3n) is 5.86. The van der Waals surface area contributed by atoms with E-state index in [9.17, 15) is 13.2 Å². The minimum absolute atomic E-state index is 0. The standard InChI is InChI=1S/C20H31N3O3S.ClH/c1-16-17(2)23(15-12-21-16)20(24)11-8-18-6-9-19(10-7-18)27(25,26)22-13-4-3-5-14-22;/h6-7,9-10,16-17,21H,3-5,8,11-15H2,1-2H3;1H. The van der Waals surface area contributed by atoms with E-state index in [1.165, 1.54) is 0 Å². The molecule has 8 heteroatoms. The predicted octanol–water partition coefficient (Wildman–Crippen LogP) is 2.42. The van der Waals surface area contributed by atoms with Crippen LogP contribution in [-0.2, 0) is 21.2 Å². The van der Waals surface area contributed by atoms with Crippen LogP contribution in [0.5, 0.6) is 0 Å². The molecule has 0 spiro atoms. The van der Waals surface area contributed by atoms with Gasteiger partial charge in [-0.1, -0.05) is 18.6 Å². The number of sulfonamides is 1. The van der Waals surface area contributed by atoms with Crippen LogP contribution in [0.3, 0.4) is 0 Å². The van der Waals surface area contributed by atoms with Gasteiger partial charge in [-0.15, -0.1) is 12.4 Å². The van der Waals surface area contributed by atoms with Gasteiger partial charge in [0.1, 0.15) is 0 Å². The molecule has 0 saturated carbocycles. The highest BCUT2D eigenvalue weighted by molar-refractivity contribution is 7.89. The summed E-state index contributed by atoms with van der Waals surface area (Å²) in [5, 5.41) is 3.38. The number of carbonyl (C=O) groups excluding carboxylic acids is 1. The summed E-state index contributed by atoms with van der Waals surface area (Å²) in [5.41, 5.74) is 0.997. The van der Waals surface area contributed by atoms with Gasteiger partial charge in [-0.2, -0.15) is 4.31 Å². The van der Waals surface area contributed by atoms with Crippen molar-refractivity contribution >= 4 is 28.3 Å². The molecule has 158 valence electrons. The van der Waals surface area contributed by atoms with Crippen LogP contribution in [0, 0.1) is 0 Å². The molecule has 2 aliphatic rings. The number of nitrogens with zero attached hydrogens (tertiary/aromatic N) is 2. The normalized spacial score (nSPS) is 23.9. The maximum absolute atomic E-state index is 12.7. The van der Waals surface area contributed by atoms with Crippen LogP contribution in [0.15, 0.2) is 29.2 Å². The number of carbonyl (C=O) groups is 1. The first-order valence-corrected chi connectivity index (χ1v) is 11.5. The molecule has 0 radical (unpaired) electrons. The van der Waals surface area contributed by atoms with Gasteiger partial charge in [-0.25, -0.2) is 8.42 Å². The van der Waals surface area contributed by atoms with Gasteiger partial charge in [-0.3, -0.25) is 4.79 Å². The second-order valence-corrected chi connectivity index (χ2v) is 9.62. The van der Waals surface area contributed by atoms with Gasteiger partial charge in [0.2, 0.25) is 15.9 Å². The lowest BCUT2D eigenvalue weighted by Crippen LogP contribution is -2.57. The monoisotopic (exact) mass is 429 g/mol. The van der Waals surface area contributed by atoms with E-state index in [4.69, 9.17) is 0 Å². The van der Waals surface area contributed by atoms with Crippen molar-refractivity contribution < 1.29 is 13.2 Å². The van der Waals surface area contributed by atoms with Gasteiger partial charge in [0.15, 0.2) is 0 Å². The Labute approximate surface area is 175 Å². The zero-order chi connectivity index (χ0) is 19.4. The molecule has 2 atom stereocenters. The molecular formula is C20H32ClN3O3S. The van der Waals surface area contributed by atoms with E-state index in [1.807, 2.05) is 17.0 Å². The van der Waals surface area contributed by atoms with E-state index >= 15 is 0 Å². The van der Waals surface area contributed by atoms with Crippen LogP contribution in [0.4, 0.5) is 0 Å². The fourth-order valence-corrected chi connectivity index (χ4v) is 5.40. The van der Waals surface area contributed by atoms with E-state index in [0.29, 0.717) is 36.9 Å². The molecule has 2 aliphatic heterocycles. The van der Waals surface area contributed by atoms with Crippen molar-refractivity contribution in [2.75, 3.05) is 26.2 Å². The van der Waals surface area contributed by atoms with Gasteiger partial charge in [0.05, 0.1) is 4.90 Å². The highest BCUT2D eigenvalue weighted by Crippen LogP contribution is 2.21. The number of nitrogens with one attached hydrogen (secondary N) is 1. The van der Waals surface area contributed by atoms with Crippen molar-refractivity contribution in [2.24, 2.45) is 0 Å². The summed E-state index contributed by atoms with van der Waals surface area (Å²) in [6.07, 6.45) is 4.05. The molecule has 0 aromatic heterocycles. The number of hydrogen-bond donors (Lipinski definition) is 1.